The Morgan fingerprint density at radius 1 is 1.22 bits per heavy atom. The molecule has 27 heavy (non-hydrogen) atoms. The number of hydrogen-bond acceptors (Lipinski definition) is 5. The number of para-hydroxylation sites is 1. The number of carbonyl (C=O) groups is 1. The van der Waals surface area contributed by atoms with E-state index in [9.17, 15) is 14.7 Å². The zero-order chi connectivity index (χ0) is 19.0. The van der Waals surface area contributed by atoms with E-state index in [2.05, 4.69) is 4.98 Å². The van der Waals surface area contributed by atoms with Gasteiger partial charge in [0, 0.05) is 42.2 Å². The van der Waals surface area contributed by atoms with Crippen LogP contribution in [-0.4, -0.2) is 40.1 Å². The Hall–Kier alpha value is -2.99. The van der Waals surface area contributed by atoms with Crippen LogP contribution in [0.4, 0.5) is 0 Å². The minimum absolute atomic E-state index is 0.0108. The molecule has 0 bridgehead atoms. The molecule has 1 fully saturated rings. The fourth-order valence-electron chi connectivity index (χ4n) is 3.58. The summed E-state index contributed by atoms with van der Waals surface area (Å²) in [4.78, 5) is 30.4. The monoisotopic (exact) mass is 364 g/mol. The highest BCUT2D eigenvalue weighted by Crippen LogP contribution is 2.23. The van der Waals surface area contributed by atoms with Crippen LogP contribution in [0, 0.1) is 12.8 Å². The van der Waals surface area contributed by atoms with Crippen molar-refractivity contribution >= 4 is 16.8 Å². The summed E-state index contributed by atoms with van der Waals surface area (Å²) in [7, 11) is 0. The van der Waals surface area contributed by atoms with E-state index in [1.165, 1.54) is 17.0 Å². The van der Waals surface area contributed by atoms with Crippen molar-refractivity contribution in [3.8, 4) is 0 Å². The lowest BCUT2D eigenvalue weighted by atomic mass is 9.99. The Morgan fingerprint density at radius 3 is 2.85 bits per heavy atom. The summed E-state index contributed by atoms with van der Waals surface area (Å²) in [6.07, 6.45) is -0.0631. The fourth-order valence-corrected chi connectivity index (χ4v) is 3.58. The molecule has 1 amide bonds. The van der Waals surface area contributed by atoms with E-state index in [0.29, 0.717) is 18.7 Å². The molecule has 138 valence electrons. The average molecular weight is 364 g/mol. The van der Waals surface area contributed by atoms with Gasteiger partial charge in [-0.1, -0.05) is 24.3 Å². The molecule has 0 aliphatic carbocycles. The Bertz CT molecular complexity index is 1060. The van der Waals surface area contributed by atoms with Crippen LogP contribution in [0.3, 0.4) is 0 Å². The van der Waals surface area contributed by atoms with E-state index in [0.717, 1.165) is 16.6 Å². The van der Waals surface area contributed by atoms with Gasteiger partial charge in [0.1, 0.15) is 5.76 Å². The molecule has 0 spiro atoms. The molecular weight excluding hydrogens is 344 g/mol. The maximum absolute atomic E-state index is 12.6. The highest BCUT2D eigenvalue weighted by atomic mass is 16.3. The minimum Gasteiger partial charge on any atom is -0.456 e. The van der Waals surface area contributed by atoms with Gasteiger partial charge in [0.25, 0.3) is 5.91 Å². The van der Waals surface area contributed by atoms with Crippen molar-refractivity contribution in [1.82, 2.24) is 9.88 Å². The third-order valence-electron chi connectivity index (χ3n) is 4.92. The van der Waals surface area contributed by atoms with E-state index in [-0.39, 0.29) is 29.6 Å². The molecule has 6 nitrogen and oxygen atoms in total. The minimum atomic E-state index is -0.640. The first-order chi connectivity index (χ1) is 13.0. The van der Waals surface area contributed by atoms with Gasteiger partial charge in [-0.2, -0.15) is 0 Å². The molecule has 4 rings (SSSR count). The lowest BCUT2D eigenvalue weighted by Crippen LogP contribution is -2.30. The van der Waals surface area contributed by atoms with Gasteiger partial charge in [-0.3, -0.25) is 14.6 Å². The second-order valence-corrected chi connectivity index (χ2v) is 7.00. The molecule has 2 atom stereocenters. The van der Waals surface area contributed by atoms with Crippen LogP contribution in [0.1, 0.15) is 22.0 Å². The second kappa shape index (κ2) is 6.96. The number of β-amino-alcohol motifs (C(OH)–C–C–N with tert-alkyl or cyclic N) is 1. The first-order valence-electron chi connectivity index (χ1n) is 8.93. The molecule has 0 saturated carbocycles. The van der Waals surface area contributed by atoms with Crippen LogP contribution in [-0.2, 0) is 6.42 Å². The summed E-state index contributed by atoms with van der Waals surface area (Å²) >= 11 is 0. The topological polar surface area (TPSA) is 83.6 Å². The Kier molecular flexibility index (Phi) is 4.49. The third kappa shape index (κ3) is 3.61. The van der Waals surface area contributed by atoms with Crippen molar-refractivity contribution in [3.05, 3.63) is 76.0 Å². The van der Waals surface area contributed by atoms with Crippen molar-refractivity contribution in [3.63, 3.8) is 0 Å². The Balaban J connectivity index is 1.50. The Labute approximate surface area is 156 Å². The molecule has 0 unspecified atom stereocenters. The molecule has 3 aromatic rings. The number of carbonyl (C=O) groups excluding carboxylic acids is 1. The lowest BCUT2D eigenvalue weighted by molar-refractivity contribution is 0.0729. The van der Waals surface area contributed by atoms with Gasteiger partial charge in [0.2, 0.25) is 0 Å². The molecule has 1 aromatic carbocycles. The number of aliphatic hydroxyl groups excluding tert-OH is 1. The van der Waals surface area contributed by atoms with Gasteiger partial charge in [-0.15, -0.1) is 0 Å². The molecule has 3 heterocycles. The van der Waals surface area contributed by atoms with Crippen LogP contribution in [0.5, 0.6) is 0 Å². The summed E-state index contributed by atoms with van der Waals surface area (Å²) in [5.74, 6) is -0.0813. The predicted octanol–water partition coefficient (Wildman–Crippen LogP) is 2.17. The van der Waals surface area contributed by atoms with E-state index >= 15 is 0 Å². The lowest BCUT2D eigenvalue weighted by Gasteiger charge is -2.15. The van der Waals surface area contributed by atoms with Crippen LogP contribution >= 0.6 is 0 Å². The average Bonchev–Trinajstić information content (AvgIpc) is 3.00. The van der Waals surface area contributed by atoms with E-state index in [4.69, 9.17) is 4.42 Å². The highest BCUT2D eigenvalue weighted by Gasteiger charge is 2.35. The number of benzene rings is 1. The SMILES string of the molecule is Cc1cc(=O)cc(C(=O)N2C[C@@H](Cc3ccc4ccccc4n3)[C@H](O)C2)o1. The van der Waals surface area contributed by atoms with Crippen molar-refractivity contribution in [1.29, 1.82) is 0 Å². The van der Waals surface area contributed by atoms with Crippen LogP contribution in [0.2, 0.25) is 0 Å². The zero-order valence-corrected chi connectivity index (χ0v) is 15.0. The molecular formula is C21H20N2O4. The van der Waals surface area contributed by atoms with Gasteiger partial charge >= 0.3 is 0 Å². The summed E-state index contributed by atoms with van der Waals surface area (Å²) in [5, 5.41) is 11.5. The van der Waals surface area contributed by atoms with Gasteiger partial charge in [-0.05, 0) is 25.5 Å². The van der Waals surface area contributed by atoms with Crippen LogP contribution < -0.4 is 5.43 Å². The number of hydrogen-bond donors (Lipinski definition) is 1. The van der Waals surface area contributed by atoms with Crippen molar-refractivity contribution in [2.24, 2.45) is 5.92 Å². The van der Waals surface area contributed by atoms with Gasteiger partial charge < -0.3 is 14.4 Å². The number of fused-ring (bicyclic) bond motifs is 1. The fraction of sp³-hybridized carbons (Fsp3) is 0.286. The quantitative estimate of drug-likeness (QED) is 0.770. The maximum Gasteiger partial charge on any atom is 0.289 e. The molecule has 2 aromatic heterocycles. The van der Waals surface area contributed by atoms with Crippen LogP contribution in [0.25, 0.3) is 10.9 Å². The smallest absolute Gasteiger partial charge is 0.289 e. The standard InChI is InChI=1S/C21H20N2O4/c1-13-8-17(24)10-20(27-13)21(26)23-11-15(19(25)12-23)9-16-7-6-14-4-2-3-5-18(14)22-16/h2-8,10,15,19,25H,9,11-12H2,1H3/t15-,19-/m1/s1. The summed E-state index contributed by atoms with van der Waals surface area (Å²) in [6.45, 7) is 2.24. The first kappa shape index (κ1) is 17.4. The number of nitrogens with zero attached hydrogens (tertiary/aromatic N) is 2. The van der Waals surface area contributed by atoms with Gasteiger partial charge in [-0.25, -0.2) is 0 Å². The molecule has 1 saturated heterocycles. The second-order valence-electron chi connectivity index (χ2n) is 7.00. The zero-order valence-electron chi connectivity index (χ0n) is 15.0. The van der Waals surface area contributed by atoms with Crippen molar-refractivity contribution in [2.45, 2.75) is 19.4 Å². The molecule has 1 N–H and O–H groups in total. The molecule has 0 radical (unpaired) electrons. The van der Waals surface area contributed by atoms with Crippen LogP contribution in [0.15, 0.2) is 57.7 Å². The van der Waals surface area contributed by atoms with Crippen molar-refractivity contribution in [2.75, 3.05) is 13.1 Å². The third-order valence-corrected chi connectivity index (χ3v) is 4.92. The summed E-state index contributed by atoms with van der Waals surface area (Å²) in [5.41, 5.74) is 1.53. The highest BCUT2D eigenvalue weighted by molar-refractivity contribution is 5.91. The van der Waals surface area contributed by atoms with E-state index < -0.39 is 6.10 Å². The summed E-state index contributed by atoms with van der Waals surface area (Å²) < 4.78 is 5.38. The number of pyridine rings is 1. The van der Waals surface area contributed by atoms with Crippen molar-refractivity contribution < 1.29 is 14.3 Å². The predicted molar refractivity (Wildman–Crippen MR) is 101 cm³/mol. The molecule has 1 aliphatic heterocycles. The first-order valence-corrected chi connectivity index (χ1v) is 8.93. The van der Waals surface area contributed by atoms with Gasteiger partial charge in [0.05, 0.1) is 11.6 Å². The number of likely N-dealkylation sites (tertiary alicyclic amines) is 1. The summed E-state index contributed by atoms with van der Waals surface area (Å²) in [6, 6.07) is 14.4. The largest absolute Gasteiger partial charge is 0.456 e. The molecule has 1 aliphatic rings. The maximum atomic E-state index is 12.6. The number of aryl methyl sites for hydroxylation is 1. The van der Waals surface area contributed by atoms with E-state index in [1.54, 1.807) is 6.92 Å². The number of aliphatic hydroxyl groups is 1. The normalized spacial score (nSPS) is 19.6. The van der Waals surface area contributed by atoms with E-state index in [1.807, 2.05) is 36.4 Å². The molecule has 6 heteroatoms. The number of amides is 1. The number of rotatable bonds is 3. The number of aromatic nitrogens is 1. The van der Waals surface area contributed by atoms with Gasteiger partial charge in [0.15, 0.2) is 11.2 Å². The Morgan fingerprint density at radius 2 is 2.04 bits per heavy atom.